The molecule has 4 N–H and O–H groups in total. The van der Waals surface area contributed by atoms with Crippen molar-refractivity contribution in [2.75, 3.05) is 6.54 Å². The van der Waals surface area contributed by atoms with Gasteiger partial charge in [-0.15, -0.1) is 0 Å². The molecule has 0 saturated heterocycles. The molecular weight excluding hydrogens is 174 g/mol. The van der Waals surface area contributed by atoms with Crippen LogP contribution in [-0.4, -0.2) is 17.9 Å². The third kappa shape index (κ3) is 8.05. The standard InChI is InChI=1S/C11H25N3/c1-4-5-6-9-14-11(2,3)8-7-10(12)13/h14H,4-9H2,1-3H3,(H3,12,13). The van der Waals surface area contributed by atoms with Crippen LogP contribution in [0.3, 0.4) is 0 Å². The van der Waals surface area contributed by atoms with E-state index in [2.05, 4.69) is 26.1 Å². The fourth-order valence-electron chi connectivity index (χ4n) is 1.34. The number of hydrogen-bond donors (Lipinski definition) is 3. The normalized spacial score (nSPS) is 11.6. The number of amidine groups is 1. The number of nitrogens with one attached hydrogen (secondary N) is 2. The lowest BCUT2D eigenvalue weighted by molar-refractivity contribution is 0.363. The van der Waals surface area contributed by atoms with E-state index >= 15 is 0 Å². The summed E-state index contributed by atoms with van der Waals surface area (Å²) in [7, 11) is 0. The van der Waals surface area contributed by atoms with Crippen LogP contribution in [0, 0.1) is 5.41 Å². The molecule has 0 bridgehead atoms. The molecule has 3 heteroatoms. The summed E-state index contributed by atoms with van der Waals surface area (Å²) in [6.45, 7) is 7.61. The monoisotopic (exact) mass is 199 g/mol. The lowest BCUT2D eigenvalue weighted by Gasteiger charge is -2.26. The second-order valence-corrected chi connectivity index (χ2v) is 4.54. The van der Waals surface area contributed by atoms with E-state index in [0.29, 0.717) is 6.42 Å². The van der Waals surface area contributed by atoms with E-state index in [1.165, 1.54) is 19.3 Å². The molecule has 0 spiro atoms. The summed E-state index contributed by atoms with van der Waals surface area (Å²) < 4.78 is 0. The molecular formula is C11H25N3. The Balaban J connectivity index is 3.55. The van der Waals surface area contributed by atoms with E-state index in [4.69, 9.17) is 11.1 Å². The third-order valence-electron chi connectivity index (χ3n) is 2.40. The molecule has 0 aliphatic carbocycles. The van der Waals surface area contributed by atoms with Crippen molar-refractivity contribution in [1.82, 2.24) is 5.32 Å². The second kappa shape index (κ2) is 6.82. The van der Waals surface area contributed by atoms with Crippen molar-refractivity contribution in [3.05, 3.63) is 0 Å². The van der Waals surface area contributed by atoms with Crippen LogP contribution < -0.4 is 11.1 Å². The first-order valence-corrected chi connectivity index (χ1v) is 5.56. The maximum Gasteiger partial charge on any atom is 0.0906 e. The highest BCUT2D eigenvalue weighted by atomic mass is 14.9. The Morgan fingerprint density at radius 2 is 2.00 bits per heavy atom. The van der Waals surface area contributed by atoms with Gasteiger partial charge in [-0.05, 0) is 33.2 Å². The maximum absolute atomic E-state index is 7.17. The zero-order chi connectivity index (χ0) is 11.0. The molecule has 14 heavy (non-hydrogen) atoms. The molecule has 0 aromatic heterocycles. The van der Waals surface area contributed by atoms with E-state index in [0.717, 1.165) is 13.0 Å². The summed E-state index contributed by atoms with van der Waals surface area (Å²) >= 11 is 0. The SMILES string of the molecule is CCCCCNC(C)(C)CCC(=N)N. The average molecular weight is 199 g/mol. The van der Waals surface area contributed by atoms with Crippen LogP contribution in [-0.2, 0) is 0 Å². The number of nitrogens with two attached hydrogens (primary N) is 1. The first-order chi connectivity index (χ1) is 6.48. The van der Waals surface area contributed by atoms with Crippen LogP contribution >= 0.6 is 0 Å². The van der Waals surface area contributed by atoms with Gasteiger partial charge in [-0.1, -0.05) is 19.8 Å². The number of unbranched alkanes of at least 4 members (excludes halogenated alkanes) is 2. The third-order valence-corrected chi connectivity index (χ3v) is 2.40. The van der Waals surface area contributed by atoms with Gasteiger partial charge in [-0.25, -0.2) is 0 Å². The van der Waals surface area contributed by atoms with Crippen molar-refractivity contribution in [2.24, 2.45) is 5.73 Å². The Labute approximate surface area is 88.0 Å². The summed E-state index contributed by atoms with van der Waals surface area (Å²) in [5, 5.41) is 10.7. The van der Waals surface area contributed by atoms with Gasteiger partial charge in [0.1, 0.15) is 0 Å². The summed E-state index contributed by atoms with van der Waals surface area (Å²) in [5.41, 5.74) is 5.44. The van der Waals surface area contributed by atoms with Crippen LogP contribution in [0.4, 0.5) is 0 Å². The molecule has 0 aliphatic rings. The van der Waals surface area contributed by atoms with Crippen molar-refractivity contribution in [1.29, 1.82) is 5.41 Å². The quantitative estimate of drug-likeness (QED) is 0.319. The molecule has 0 aromatic carbocycles. The molecule has 84 valence electrons. The minimum atomic E-state index is 0.111. The van der Waals surface area contributed by atoms with E-state index < -0.39 is 0 Å². The zero-order valence-corrected chi connectivity index (χ0v) is 9.82. The van der Waals surface area contributed by atoms with Crippen molar-refractivity contribution >= 4 is 5.84 Å². The number of hydrogen-bond acceptors (Lipinski definition) is 2. The molecule has 0 unspecified atom stereocenters. The van der Waals surface area contributed by atoms with Gasteiger partial charge < -0.3 is 11.1 Å². The van der Waals surface area contributed by atoms with Crippen molar-refractivity contribution in [3.63, 3.8) is 0 Å². The lowest BCUT2D eigenvalue weighted by Crippen LogP contribution is -2.40. The van der Waals surface area contributed by atoms with Gasteiger partial charge in [0.05, 0.1) is 5.84 Å². The topological polar surface area (TPSA) is 61.9 Å². The largest absolute Gasteiger partial charge is 0.388 e. The molecule has 0 aromatic rings. The van der Waals surface area contributed by atoms with Gasteiger partial charge in [-0.3, -0.25) is 5.41 Å². The van der Waals surface area contributed by atoms with Gasteiger partial charge in [-0.2, -0.15) is 0 Å². The predicted molar refractivity (Wildman–Crippen MR) is 62.8 cm³/mol. The van der Waals surface area contributed by atoms with Crippen LogP contribution in [0.15, 0.2) is 0 Å². The Morgan fingerprint density at radius 1 is 1.36 bits per heavy atom. The van der Waals surface area contributed by atoms with E-state index in [1.807, 2.05) is 0 Å². The zero-order valence-electron chi connectivity index (χ0n) is 9.82. The van der Waals surface area contributed by atoms with Crippen LogP contribution in [0.2, 0.25) is 0 Å². The Kier molecular flexibility index (Phi) is 6.54. The second-order valence-electron chi connectivity index (χ2n) is 4.54. The summed E-state index contributed by atoms with van der Waals surface area (Å²) in [6.07, 6.45) is 5.41. The van der Waals surface area contributed by atoms with Gasteiger partial charge in [0.2, 0.25) is 0 Å². The Bertz CT molecular complexity index is 164. The summed E-state index contributed by atoms with van der Waals surface area (Å²) in [6, 6.07) is 0. The molecule has 0 amide bonds. The predicted octanol–water partition coefficient (Wildman–Crippen LogP) is 2.26. The minimum Gasteiger partial charge on any atom is -0.388 e. The molecule has 0 fully saturated rings. The molecule has 0 radical (unpaired) electrons. The van der Waals surface area contributed by atoms with Crippen LogP contribution in [0.1, 0.15) is 52.9 Å². The first kappa shape index (κ1) is 13.4. The highest BCUT2D eigenvalue weighted by Gasteiger charge is 2.15. The van der Waals surface area contributed by atoms with Gasteiger partial charge in [0.15, 0.2) is 0 Å². The van der Waals surface area contributed by atoms with E-state index in [1.54, 1.807) is 0 Å². The Morgan fingerprint density at radius 3 is 2.50 bits per heavy atom. The maximum atomic E-state index is 7.17. The smallest absolute Gasteiger partial charge is 0.0906 e. The Hall–Kier alpha value is -0.570. The van der Waals surface area contributed by atoms with Crippen LogP contribution in [0.5, 0.6) is 0 Å². The van der Waals surface area contributed by atoms with Gasteiger partial charge in [0.25, 0.3) is 0 Å². The van der Waals surface area contributed by atoms with Gasteiger partial charge >= 0.3 is 0 Å². The lowest BCUT2D eigenvalue weighted by atomic mass is 9.98. The fraction of sp³-hybridized carbons (Fsp3) is 0.909. The van der Waals surface area contributed by atoms with E-state index in [-0.39, 0.29) is 11.4 Å². The highest BCUT2D eigenvalue weighted by Crippen LogP contribution is 2.10. The van der Waals surface area contributed by atoms with Crippen molar-refractivity contribution < 1.29 is 0 Å². The van der Waals surface area contributed by atoms with Crippen molar-refractivity contribution in [2.45, 2.75) is 58.4 Å². The molecule has 0 aliphatic heterocycles. The fourth-order valence-corrected chi connectivity index (χ4v) is 1.34. The van der Waals surface area contributed by atoms with Gasteiger partial charge in [0, 0.05) is 12.0 Å². The molecule has 3 nitrogen and oxygen atoms in total. The summed E-state index contributed by atoms with van der Waals surface area (Å²) in [4.78, 5) is 0. The summed E-state index contributed by atoms with van der Waals surface area (Å²) in [5.74, 6) is 0.286. The van der Waals surface area contributed by atoms with Crippen molar-refractivity contribution in [3.8, 4) is 0 Å². The highest BCUT2D eigenvalue weighted by molar-refractivity contribution is 5.76. The number of rotatable bonds is 8. The minimum absolute atomic E-state index is 0.111. The van der Waals surface area contributed by atoms with Crippen LogP contribution in [0.25, 0.3) is 0 Å². The first-order valence-electron chi connectivity index (χ1n) is 5.56. The average Bonchev–Trinajstić information content (AvgIpc) is 2.10. The molecule has 0 atom stereocenters. The molecule has 0 saturated carbocycles. The molecule has 0 heterocycles. The molecule has 0 rings (SSSR count). The van der Waals surface area contributed by atoms with E-state index in [9.17, 15) is 0 Å².